The topological polar surface area (TPSA) is 55.6 Å². The minimum Gasteiger partial charge on any atom is -0.462 e. The Labute approximate surface area is 114 Å². The lowest BCUT2D eigenvalue weighted by Crippen LogP contribution is -2.44. The van der Waals surface area contributed by atoms with Crippen LogP contribution in [-0.4, -0.2) is 43.7 Å². The minimum atomic E-state index is -0.258. The zero-order valence-electron chi connectivity index (χ0n) is 11.6. The molecule has 0 amide bonds. The molecule has 1 aliphatic heterocycles. The third-order valence-electron chi connectivity index (χ3n) is 3.56. The standard InChI is InChI=1S/C15H22N2O2/c1-3-19-15(18)12-6-4-11(5-7-12)13-8-14(16)10-17(2)9-13/h4-7,13-14H,3,8-10,16H2,1-2H3. The first kappa shape index (κ1) is 14.0. The summed E-state index contributed by atoms with van der Waals surface area (Å²) in [5.74, 6) is 0.191. The molecule has 0 aromatic heterocycles. The fraction of sp³-hybridized carbons (Fsp3) is 0.533. The van der Waals surface area contributed by atoms with Crippen molar-refractivity contribution in [1.29, 1.82) is 0 Å². The number of likely N-dealkylation sites (N-methyl/N-ethyl adjacent to an activating group) is 1. The second-order valence-electron chi connectivity index (χ2n) is 5.26. The number of carbonyl (C=O) groups is 1. The molecule has 2 unspecified atom stereocenters. The summed E-state index contributed by atoms with van der Waals surface area (Å²) in [4.78, 5) is 13.8. The van der Waals surface area contributed by atoms with Gasteiger partial charge in [0.15, 0.2) is 0 Å². The van der Waals surface area contributed by atoms with Crippen LogP contribution in [0.5, 0.6) is 0 Å². The highest BCUT2D eigenvalue weighted by atomic mass is 16.5. The Balaban J connectivity index is 2.07. The Morgan fingerprint density at radius 2 is 2.05 bits per heavy atom. The summed E-state index contributed by atoms with van der Waals surface area (Å²) < 4.78 is 4.98. The first-order valence-electron chi connectivity index (χ1n) is 6.81. The Kier molecular flexibility index (Phi) is 4.56. The minimum absolute atomic E-state index is 0.230. The van der Waals surface area contributed by atoms with Crippen molar-refractivity contribution in [3.05, 3.63) is 35.4 Å². The smallest absolute Gasteiger partial charge is 0.338 e. The van der Waals surface area contributed by atoms with E-state index in [1.165, 1.54) is 5.56 Å². The van der Waals surface area contributed by atoms with E-state index in [4.69, 9.17) is 10.5 Å². The van der Waals surface area contributed by atoms with Crippen molar-refractivity contribution in [2.75, 3.05) is 26.7 Å². The van der Waals surface area contributed by atoms with Crippen LogP contribution in [0.25, 0.3) is 0 Å². The number of rotatable bonds is 3. The Morgan fingerprint density at radius 3 is 2.63 bits per heavy atom. The van der Waals surface area contributed by atoms with Crippen molar-refractivity contribution in [3.63, 3.8) is 0 Å². The quantitative estimate of drug-likeness (QED) is 0.841. The van der Waals surface area contributed by atoms with E-state index in [0.717, 1.165) is 19.5 Å². The number of piperidine rings is 1. The molecule has 0 bridgehead atoms. The molecule has 0 saturated carbocycles. The molecule has 1 fully saturated rings. The molecule has 4 heteroatoms. The van der Waals surface area contributed by atoms with Crippen LogP contribution in [0.15, 0.2) is 24.3 Å². The molecule has 19 heavy (non-hydrogen) atoms. The molecule has 0 aliphatic carbocycles. The van der Waals surface area contributed by atoms with E-state index < -0.39 is 0 Å². The normalized spacial score (nSPS) is 24.2. The van der Waals surface area contributed by atoms with Crippen molar-refractivity contribution in [2.45, 2.75) is 25.3 Å². The Bertz CT molecular complexity index is 420. The number of carbonyl (C=O) groups excluding carboxylic acids is 1. The van der Waals surface area contributed by atoms with Crippen LogP contribution in [0.2, 0.25) is 0 Å². The maximum absolute atomic E-state index is 11.6. The molecule has 2 rings (SSSR count). The van der Waals surface area contributed by atoms with Gasteiger partial charge in [0.05, 0.1) is 12.2 Å². The van der Waals surface area contributed by atoms with E-state index >= 15 is 0 Å². The lowest BCUT2D eigenvalue weighted by Gasteiger charge is -2.34. The monoisotopic (exact) mass is 262 g/mol. The molecular formula is C15H22N2O2. The fourth-order valence-corrected chi connectivity index (χ4v) is 2.71. The van der Waals surface area contributed by atoms with Crippen molar-refractivity contribution in [2.24, 2.45) is 5.73 Å². The summed E-state index contributed by atoms with van der Waals surface area (Å²) in [7, 11) is 2.10. The molecule has 0 spiro atoms. The molecule has 1 aliphatic rings. The predicted octanol–water partition coefficient (Wildman–Crippen LogP) is 1.61. The molecule has 2 atom stereocenters. The number of hydrogen-bond acceptors (Lipinski definition) is 4. The second-order valence-corrected chi connectivity index (χ2v) is 5.26. The van der Waals surface area contributed by atoms with E-state index in [-0.39, 0.29) is 12.0 Å². The van der Waals surface area contributed by atoms with E-state index in [1.54, 1.807) is 0 Å². The molecular weight excluding hydrogens is 240 g/mol. The van der Waals surface area contributed by atoms with E-state index in [1.807, 2.05) is 31.2 Å². The van der Waals surface area contributed by atoms with Crippen LogP contribution in [0.3, 0.4) is 0 Å². The number of nitrogens with two attached hydrogens (primary N) is 1. The maximum atomic E-state index is 11.6. The molecule has 2 N–H and O–H groups in total. The molecule has 1 aromatic rings. The van der Waals surface area contributed by atoms with Crippen molar-refractivity contribution >= 4 is 5.97 Å². The molecule has 4 nitrogen and oxygen atoms in total. The van der Waals surface area contributed by atoms with E-state index in [9.17, 15) is 4.79 Å². The van der Waals surface area contributed by atoms with Gasteiger partial charge in [-0.25, -0.2) is 4.79 Å². The van der Waals surface area contributed by atoms with Gasteiger partial charge in [-0.2, -0.15) is 0 Å². The molecule has 104 valence electrons. The number of ether oxygens (including phenoxy) is 1. The first-order chi connectivity index (χ1) is 9.10. The number of esters is 1. The molecule has 1 heterocycles. The summed E-state index contributed by atoms with van der Waals surface area (Å²) >= 11 is 0. The van der Waals surface area contributed by atoms with E-state index in [2.05, 4.69) is 11.9 Å². The summed E-state index contributed by atoms with van der Waals surface area (Å²) in [6, 6.07) is 7.94. The van der Waals surface area contributed by atoms with Gasteiger partial charge in [-0.1, -0.05) is 12.1 Å². The van der Waals surface area contributed by atoms with Gasteiger partial charge in [0, 0.05) is 19.1 Å². The van der Waals surface area contributed by atoms with Crippen LogP contribution in [0, 0.1) is 0 Å². The van der Waals surface area contributed by atoms with Crippen LogP contribution in [0.1, 0.15) is 35.2 Å². The van der Waals surface area contributed by atoms with E-state index in [0.29, 0.717) is 18.1 Å². The predicted molar refractivity (Wildman–Crippen MR) is 75.2 cm³/mol. The lowest BCUT2D eigenvalue weighted by atomic mass is 9.88. The summed E-state index contributed by atoms with van der Waals surface area (Å²) in [6.45, 7) is 4.19. The lowest BCUT2D eigenvalue weighted by molar-refractivity contribution is 0.0526. The van der Waals surface area contributed by atoms with Gasteiger partial charge >= 0.3 is 5.97 Å². The molecule has 1 aromatic carbocycles. The zero-order valence-corrected chi connectivity index (χ0v) is 11.6. The van der Waals surface area contributed by atoms with Gasteiger partial charge in [-0.3, -0.25) is 0 Å². The van der Waals surface area contributed by atoms with Crippen molar-refractivity contribution in [3.8, 4) is 0 Å². The van der Waals surface area contributed by atoms with Crippen LogP contribution in [-0.2, 0) is 4.74 Å². The fourth-order valence-electron chi connectivity index (χ4n) is 2.71. The highest BCUT2D eigenvalue weighted by molar-refractivity contribution is 5.89. The first-order valence-corrected chi connectivity index (χ1v) is 6.81. The Morgan fingerprint density at radius 1 is 1.37 bits per heavy atom. The van der Waals surface area contributed by atoms with Crippen molar-refractivity contribution < 1.29 is 9.53 Å². The van der Waals surface area contributed by atoms with Crippen molar-refractivity contribution in [1.82, 2.24) is 4.90 Å². The summed E-state index contributed by atoms with van der Waals surface area (Å²) in [6.07, 6.45) is 1.00. The second kappa shape index (κ2) is 6.17. The molecule has 1 saturated heterocycles. The Hall–Kier alpha value is -1.39. The van der Waals surface area contributed by atoms with Crippen LogP contribution >= 0.6 is 0 Å². The number of likely N-dealkylation sites (tertiary alicyclic amines) is 1. The van der Waals surface area contributed by atoms with Gasteiger partial charge in [-0.15, -0.1) is 0 Å². The maximum Gasteiger partial charge on any atom is 0.338 e. The number of hydrogen-bond donors (Lipinski definition) is 1. The van der Waals surface area contributed by atoms with Gasteiger partial charge in [0.25, 0.3) is 0 Å². The highest BCUT2D eigenvalue weighted by Gasteiger charge is 2.24. The summed E-state index contributed by atoms with van der Waals surface area (Å²) in [5, 5.41) is 0. The molecule has 0 radical (unpaired) electrons. The van der Waals surface area contributed by atoms with Gasteiger partial charge in [0.2, 0.25) is 0 Å². The third-order valence-corrected chi connectivity index (χ3v) is 3.56. The SMILES string of the molecule is CCOC(=O)c1ccc(C2CC(N)CN(C)C2)cc1. The average Bonchev–Trinajstić information content (AvgIpc) is 2.38. The zero-order chi connectivity index (χ0) is 13.8. The number of nitrogens with zero attached hydrogens (tertiary/aromatic N) is 1. The third kappa shape index (κ3) is 3.55. The van der Waals surface area contributed by atoms with Crippen LogP contribution < -0.4 is 5.73 Å². The van der Waals surface area contributed by atoms with Crippen LogP contribution in [0.4, 0.5) is 0 Å². The highest BCUT2D eigenvalue weighted by Crippen LogP contribution is 2.26. The van der Waals surface area contributed by atoms with Gasteiger partial charge in [-0.05, 0) is 44.0 Å². The number of benzene rings is 1. The van der Waals surface area contributed by atoms with Gasteiger partial charge in [0.1, 0.15) is 0 Å². The summed E-state index contributed by atoms with van der Waals surface area (Å²) in [5.41, 5.74) is 7.91. The van der Waals surface area contributed by atoms with Gasteiger partial charge < -0.3 is 15.4 Å². The average molecular weight is 262 g/mol. The largest absolute Gasteiger partial charge is 0.462 e.